The molecule has 3 aliphatic heterocycles. The van der Waals surface area contributed by atoms with Gasteiger partial charge in [0.25, 0.3) is 0 Å². The van der Waals surface area contributed by atoms with Crippen LogP contribution in [0.25, 0.3) is 0 Å². The Morgan fingerprint density at radius 1 is 1.10 bits per heavy atom. The standard InChI is InChI=1S/C31H44O8/c1-18-7-6-8-23(17-32)31(36)26(14-21(4)27(33)28(31)34)29(35)37-25-15-24(10-9-19(2)13-18)39-30(16-25)12-11-20(3)22(5)38-30/h6-9,14,17-18,20,22,24-28,33-34,36H,10-13,15-16H2,1-5H3/b7-6+,19-9+,23-8+/t18-,20-,22+,24+,25-,26-,27+,28+,30-,31+/m0/s1. The van der Waals surface area contributed by atoms with Crippen LogP contribution >= 0.6 is 0 Å². The van der Waals surface area contributed by atoms with Crippen LogP contribution in [0.15, 0.2) is 47.1 Å². The summed E-state index contributed by atoms with van der Waals surface area (Å²) in [5, 5.41) is 33.4. The Morgan fingerprint density at radius 3 is 2.54 bits per heavy atom. The van der Waals surface area contributed by atoms with Crippen molar-refractivity contribution < 1.29 is 39.1 Å². The Bertz CT molecular complexity index is 1060. The summed E-state index contributed by atoms with van der Waals surface area (Å²) in [6.45, 7) is 9.87. The highest BCUT2D eigenvalue weighted by atomic mass is 16.7. The minimum Gasteiger partial charge on any atom is -0.462 e. The van der Waals surface area contributed by atoms with Crippen molar-refractivity contribution in [1.82, 2.24) is 0 Å². The van der Waals surface area contributed by atoms with Gasteiger partial charge in [-0.3, -0.25) is 9.59 Å². The van der Waals surface area contributed by atoms with Crippen LogP contribution in [0.2, 0.25) is 0 Å². The fraction of sp³-hybridized carbons (Fsp3) is 0.677. The quantitative estimate of drug-likeness (QED) is 0.260. The van der Waals surface area contributed by atoms with E-state index in [2.05, 4.69) is 19.9 Å². The number of aliphatic hydroxyl groups excluding tert-OH is 2. The predicted molar refractivity (Wildman–Crippen MR) is 145 cm³/mol. The van der Waals surface area contributed by atoms with Crippen molar-refractivity contribution in [3.05, 3.63) is 47.1 Å². The third-order valence-electron chi connectivity index (χ3n) is 8.96. The van der Waals surface area contributed by atoms with E-state index in [4.69, 9.17) is 14.2 Å². The zero-order chi connectivity index (χ0) is 28.5. The minimum atomic E-state index is -2.37. The summed E-state index contributed by atoms with van der Waals surface area (Å²) in [5.41, 5.74) is -1.07. The highest BCUT2D eigenvalue weighted by Crippen LogP contribution is 2.44. The van der Waals surface area contributed by atoms with Crippen molar-refractivity contribution in [3.63, 3.8) is 0 Å². The normalized spacial score (nSPS) is 47.5. The molecule has 10 atom stereocenters. The Hall–Kier alpha value is -2.10. The van der Waals surface area contributed by atoms with E-state index in [0.717, 1.165) is 12.8 Å². The maximum absolute atomic E-state index is 13.7. The maximum atomic E-state index is 13.7. The molecule has 1 aliphatic carbocycles. The Labute approximate surface area is 231 Å². The molecule has 8 heteroatoms. The number of aldehydes is 1. The van der Waals surface area contributed by atoms with Gasteiger partial charge in [0.05, 0.1) is 12.2 Å². The average Bonchev–Trinajstić information content (AvgIpc) is 2.88. The molecule has 0 amide bonds. The van der Waals surface area contributed by atoms with Crippen LogP contribution in [-0.4, -0.2) is 69.5 Å². The van der Waals surface area contributed by atoms with Gasteiger partial charge in [0.15, 0.2) is 5.79 Å². The van der Waals surface area contributed by atoms with E-state index < -0.39 is 41.6 Å². The number of carbonyl (C=O) groups is 2. The molecule has 0 aromatic heterocycles. The molecule has 3 heterocycles. The monoisotopic (exact) mass is 544 g/mol. The first-order valence-corrected chi connectivity index (χ1v) is 14.2. The molecule has 3 N–H and O–H groups in total. The number of esters is 1. The van der Waals surface area contributed by atoms with Crippen LogP contribution in [0.5, 0.6) is 0 Å². The molecule has 0 aromatic rings. The molecule has 39 heavy (non-hydrogen) atoms. The van der Waals surface area contributed by atoms with Gasteiger partial charge >= 0.3 is 5.97 Å². The first kappa shape index (κ1) is 29.9. The van der Waals surface area contributed by atoms with Gasteiger partial charge in [0, 0.05) is 24.8 Å². The van der Waals surface area contributed by atoms with Crippen molar-refractivity contribution >= 4 is 12.3 Å². The van der Waals surface area contributed by atoms with E-state index in [1.54, 1.807) is 13.0 Å². The van der Waals surface area contributed by atoms with Gasteiger partial charge in [-0.2, -0.15) is 0 Å². The van der Waals surface area contributed by atoms with Gasteiger partial charge < -0.3 is 29.5 Å². The fourth-order valence-corrected chi connectivity index (χ4v) is 6.40. The number of hydrogen-bond donors (Lipinski definition) is 3. The Morgan fingerprint density at radius 2 is 1.85 bits per heavy atom. The number of rotatable bonds is 1. The van der Waals surface area contributed by atoms with Gasteiger partial charge in [-0.25, -0.2) is 0 Å². The molecule has 0 unspecified atom stereocenters. The number of ether oxygens (including phenoxy) is 3. The molecule has 8 nitrogen and oxygen atoms in total. The smallest absolute Gasteiger partial charge is 0.316 e. The Kier molecular flexibility index (Phi) is 9.03. The number of aliphatic hydroxyl groups is 3. The van der Waals surface area contributed by atoms with E-state index in [1.165, 1.54) is 17.7 Å². The number of fused-ring (bicyclic) bond motifs is 3. The molecule has 2 fully saturated rings. The van der Waals surface area contributed by atoms with Crippen molar-refractivity contribution in [2.24, 2.45) is 17.8 Å². The molecule has 0 radical (unpaired) electrons. The molecule has 2 bridgehead atoms. The molecule has 0 saturated carbocycles. The van der Waals surface area contributed by atoms with Crippen LogP contribution in [0.1, 0.15) is 73.1 Å². The second-order valence-electron chi connectivity index (χ2n) is 12.2. The lowest BCUT2D eigenvalue weighted by Crippen LogP contribution is -2.61. The predicted octanol–water partition coefficient (Wildman–Crippen LogP) is 3.70. The SMILES string of the molecule is CC1=C[C@H]2C(=O)O[C@H]3C[C@@H](C/C=C(\C)C[C@@H](C)/C=C/C=C(\C=O)[C@]2(O)[C@H](O)[C@@H]1O)O[C@@]1(CC[C@H](C)[C@@H](C)O1)C3. The minimum absolute atomic E-state index is 0.0115. The molecular weight excluding hydrogens is 500 g/mol. The lowest BCUT2D eigenvalue weighted by atomic mass is 9.69. The van der Waals surface area contributed by atoms with Crippen molar-refractivity contribution in [2.45, 2.75) is 115 Å². The number of carbonyl (C=O) groups excluding carboxylic acids is 2. The molecule has 4 aliphatic rings. The first-order chi connectivity index (χ1) is 18.4. The summed E-state index contributed by atoms with van der Waals surface area (Å²) in [7, 11) is 0. The van der Waals surface area contributed by atoms with E-state index >= 15 is 0 Å². The van der Waals surface area contributed by atoms with Crippen LogP contribution in [-0.2, 0) is 23.8 Å². The average molecular weight is 545 g/mol. The van der Waals surface area contributed by atoms with Crippen molar-refractivity contribution in [1.29, 1.82) is 0 Å². The molecule has 4 rings (SSSR count). The largest absolute Gasteiger partial charge is 0.462 e. The van der Waals surface area contributed by atoms with Crippen molar-refractivity contribution in [2.75, 3.05) is 0 Å². The van der Waals surface area contributed by atoms with Crippen LogP contribution in [0.4, 0.5) is 0 Å². The van der Waals surface area contributed by atoms with Gasteiger partial charge in [-0.1, -0.05) is 49.8 Å². The summed E-state index contributed by atoms with van der Waals surface area (Å²) in [5.74, 6) is -2.52. The fourth-order valence-electron chi connectivity index (χ4n) is 6.40. The van der Waals surface area contributed by atoms with Crippen LogP contribution in [0.3, 0.4) is 0 Å². The number of hydrogen-bond acceptors (Lipinski definition) is 8. The van der Waals surface area contributed by atoms with Gasteiger partial charge in [0.2, 0.25) is 0 Å². The third kappa shape index (κ3) is 6.15. The zero-order valence-electron chi connectivity index (χ0n) is 23.7. The third-order valence-corrected chi connectivity index (χ3v) is 8.96. The summed E-state index contributed by atoms with van der Waals surface area (Å²) in [4.78, 5) is 25.9. The lowest BCUT2D eigenvalue weighted by molar-refractivity contribution is -0.332. The van der Waals surface area contributed by atoms with Crippen LogP contribution < -0.4 is 0 Å². The summed E-state index contributed by atoms with van der Waals surface area (Å²) in [6.07, 6.45) is 8.74. The van der Waals surface area contributed by atoms with Crippen LogP contribution in [0, 0.1) is 17.8 Å². The topological polar surface area (TPSA) is 123 Å². The zero-order valence-corrected chi connectivity index (χ0v) is 23.7. The summed E-state index contributed by atoms with van der Waals surface area (Å²) in [6, 6.07) is 0. The second-order valence-corrected chi connectivity index (χ2v) is 12.2. The van der Waals surface area contributed by atoms with E-state index in [9.17, 15) is 24.9 Å². The molecule has 0 aromatic carbocycles. The lowest BCUT2D eigenvalue weighted by Gasteiger charge is -2.49. The van der Waals surface area contributed by atoms with Gasteiger partial charge in [-0.15, -0.1) is 0 Å². The number of allylic oxidation sites excluding steroid dienone is 4. The second kappa shape index (κ2) is 11.8. The first-order valence-electron chi connectivity index (χ1n) is 14.2. The molecular formula is C31H44O8. The van der Waals surface area contributed by atoms with Crippen molar-refractivity contribution in [3.8, 4) is 0 Å². The summed E-state index contributed by atoms with van der Waals surface area (Å²) >= 11 is 0. The van der Waals surface area contributed by atoms with E-state index in [1.807, 2.05) is 19.9 Å². The molecule has 216 valence electrons. The Balaban J connectivity index is 1.76. The highest BCUT2D eigenvalue weighted by molar-refractivity contribution is 5.85. The molecule has 2 saturated heterocycles. The maximum Gasteiger partial charge on any atom is 0.316 e. The molecule has 1 spiro atoms. The van der Waals surface area contributed by atoms with Gasteiger partial charge in [-0.05, 0) is 57.4 Å². The van der Waals surface area contributed by atoms with E-state index in [0.29, 0.717) is 43.5 Å². The van der Waals surface area contributed by atoms with E-state index in [-0.39, 0.29) is 23.7 Å². The van der Waals surface area contributed by atoms with Gasteiger partial charge in [0.1, 0.15) is 36.1 Å². The highest BCUT2D eigenvalue weighted by Gasteiger charge is 2.56. The summed E-state index contributed by atoms with van der Waals surface area (Å²) < 4.78 is 19.0.